The molecule has 2 aromatic carbocycles. The molecule has 2 rings (SSSR count). The molecule has 0 aromatic heterocycles. The number of nitro benzene ring substituents is 1. The molecule has 102 valence electrons. The molecule has 6 heteroatoms. The van der Waals surface area contributed by atoms with Crippen LogP contribution in [0.15, 0.2) is 42.5 Å². The number of nitrogens with zero attached hydrogens (tertiary/aromatic N) is 1. The van der Waals surface area contributed by atoms with Crippen LogP contribution in [0.25, 0.3) is 0 Å². The third kappa shape index (κ3) is 3.13. The van der Waals surface area contributed by atoms with E-state index in [4.69, 9.17) is 0 Å². The first kappa shape index (κ1) is 14.4. The van der Waals surface area contributed by atoms with Crippen LogP contribution in [0.2, 0.25) is 0 Å². The second kappa shape index (κ2) is 6.00. The van der Waals surface area contributed by atoms with Gasteiger partial charge >= 0.3 is 0 Å². The van der Waals surface area contributed by atoms with E-state index in [2.05, 4.69) is 27.9 Å². The molecule has 0 radical (unpaired) electrons. The molecule has 0 fully saturated rings. The Kier molecular flexibility index (Phi) is 4.33. The average molecular weight is 382 g/mol. The molecule has 5 nitrogen and oxygen atoms in total. The van der Waals surface area contributed by atoms with Crippen LogP contribution in [0.1, 0.15) is 15.9 Å². The third-order valence-corrected chi connectivity index (χ3v) is 3.73. The number of halogens is 1. The Morgan fingerprint density at radius 3 is 2.55 bits per heavy atom. The quantitative estimate of drug-likeness (QED) is 0.499. The summed E-state index contributed by atoms with van der Waals surface area (Å²) in [5.41, 5.74) is 1.70. The molecule has 0 atom stereocenters. The molecule has 0 spiro atoms. The molecule has 0 bridgehead atoms. The first-order valence-corrected chi connectivity index (χ1v) is 6.88. The largest absolute Gasteiger partial charge is 0.321 e. The number of non-ortho nitro benzene ring substituents is 1. The number of para-hydroxylation sites is 1. The number of rotatable bonds is 3. The number of nitro groups is 1. The lowest BCUT2D eigenvalue weighted by Gasteiger charge is -2.09. The zero-order valence-electron chi connectivity index (χ0n) is 10.6. The Bertz CT molecular complexity index is 686. The highest BCUT2D eigenvalue weighted by Gasteiger charge is 2.14. The first-order valence-electron chi connectivity index (χ1n) is 5.80. The SMILES string of the molecule is Cc1cc([N+](=O)[O-])ccc1C(=O)Nc1ccccc1I. The van der Waals surface area contributed by atoms with Gasteiger partial charge in [0.15, 0.2) is 0 Å². The highest BCUT2D eigenvalue weighted by atomic mass is 127. The van der Waals surface area contributed by atoms with Crippen molar-refractivity contribution in [3.05, 3.63) is 67.3 Å². The van der Waals surface area contributed by atoms with E-state index in [-0.39, 0.29) is 11.6 Å². The Morgan fingerprint density at radius 2 is 1.95 bits per heavy atom. The van der Waals surface area contributed by atoms with Crippen LogP contribution < -0.4 is 5.32 Å². The molecule has 0 saturated carbocycles. The zero-order chi connectivity index (χ0) is 14.7. The van der Waals surface area contributed by atoms with Gasteiger partial charge in [0.2, 0.25) is 0 Å². The number of benzene rings is 2. The molecule has 1 N–H and O–H groups in total. The van der Waals surface area contributed by atoms with Crippen LogP contribution in [0.3, 0.4) is 0 Å². The van der Waals surface area contributed by atoms with Crippen LogP contribution in [0.4, 0.5) is 11.4 Å². The number of hydrogen-bond acceptors (Lipinski definition) is 3. The minimum atomic E-state index is -0.477. The monoisotopic (exact) mass is 382 g/mol. The molecule has 2 aromatic rings. The van der Waals surface area contributed by atoms with E-state index in [0.717, 1.165) is 9.26 Å². The van der Waals surface area contributed by atoms with E-state index < -0.39 is 4.92 Å². The second-order valence-electron chi connectivity index (χ2n) is 4.19. The summed E-state index contributed by atoms with van der Waals surface area (Å²) in [6.07, 6.45) is 0. The molecule has 1 amide bonds. The fourth-order valence-corrected chi connectivity index (χ4v) is 2.29. The van der Waals surface area contributed by atoms with Crippen molar-refractivity contribution in [2.45, 2.75) is 6.92 Å². The van der Waals surface area contributed by atoms with Gasteiger partial charge in [-0.05, 0) is 53.3 Å². The van der Waals surface area contributed by atoms with Crippen LogP contribution in [0.5, 0.6) is 0 Å². The van der Waals surface area contributed by atoms with Crippen molar-refractivity contribution in [1.82, 2.24) is 0 Å². The van der Waals surface area contributed by atoms with Crippen LogP contribution >= 0.6 is 22.6 Å². The van der Waals surface area contributed by atoms with Crippen molar-refractivity contribution in [3.8, 4) is 0 Å². The lowest BCUT2D eigenvalue weighted by atomic mass is 10.1. The molecule has 0 saturated heterocycles. The van der Waals surface area contributed by atoms with E-state index in [0.29, 0.717) is 11.1 Å². The molecule has 0 aliphatic carbocycles. The Hall–Kier alpha value is -1.96. The predicted molar refractivity (Wildman–Crippen MR) is 84.9 cm³/mol. The van der Waals surface area contributed by atoms with Gasteiger partial charge < -0.3 is 5.32 Å². The fraction of sp³-hybridized carbons (Fsp3) is 0.0714. The topological polar surface area (TPSA) is 72.2 Å². The van der Waals surface area contributed by atoms with E-state index in [1.165, 1.54) is 18.2 Å². The van der Waals surface area contributed by atoms with Gasteiger partial charge in [-0.2, -0.15) is 0 Å². The third-order valence-electron chi connectivity index (χ3n) is 2.79. The maximum Gasteiger partial charge on any atom is 0.269 e. The van der Waals surface area contributed by atoms with Crippen LogP contribution in [0, 0.1) is 20.6 Å². The van der Waals surface area contributed by atoms with Crippen molar-refractivity contribution in [1.29, 1.82) is 0 Å². The van der Waals surface area contributed by atoms with Crippen molar-refractivity contribution < 1.29 is 9.72 Å². The standard InChI is InChI=1S/C14H11IN2O3/c1-9-8-10(17(19)20)6-7-11(9)14(18)16-13-5-3-2-4-12(13)15/h2-8H,1H3,(H,16,18). The van der Waals surface area contributed by atoms with Crippen molar-refractivity contribution in [2.24, 2.45) is 0 Å². The maximum absolute atomic E-state index is 12.2. The summed E-state index contributed by atoms with van der Waals surface area (Å²) >= 11 is 2.13. The van der Waals surface area contributed by atoms with Crippen molar-refractivity contribution in [3.63, 3.8) is 0 Å². The van der Waals surface area contributed by atoms with Gasteiger partial charge in [0.25, 0.3) is 11.6 Å². The van der Waals surface area contributed by atoms with Gasteiger partial charge in [0, 0.05) is 21.3 Å². The van der Waals surface area contributed by atoms with Gasteiger partial charge in [0.05, 0.1) is 10.6 Å². The summed E-state index contributed by atoms with van der Waals surface area (Å²) in [6.45, 7) is 1.68. The Morgan fingerprint density at radius 1 is 1.25 bits per heavy atom. The van der Waals surface area contributed by atoms with E-state index in [1.54, 1.807) is 13.0 Å². The number of nitrogens with one attached hydrogen (secondary N) is 1. The number of aryl methyl sites for hydroxylation is 1. The molecular formula is C14H11IN2O3. The number of amides is 1. The van der Waals surface area contributed by atoms with Crippen LogP contribution in [-0.2, 0) is 0 Å². The van der Waals surface area contributed by atoms with E-state index >= 15 is 0 Å². The summed E-state index contributed by atoms with van der Waals surface area (Å²) in [4.78, 5) is 22.4. The minimum absolute atomic E-state index is 0.0201. The first-order chi connectivity index (χ1) is 9.49. The normalized spacial score (nSPS) is 10.1. The highest BCUT2D eigenvalue weighted by molar-refractivity contribution is 14.1. The number of carbonyl (C=O) groups excluding carboxylic acids is 1. The smallest absolute Gasteiger partial charge is 0.269 e. The Balaban J connectivity index is 2.26. The molecule has 0 aliphatic heterocycles. The lowest BCUT2D eigenvalue weighted by Crippen LogP contribution is -2.14. The fourth-order valence-electron chi connectivity index (χ4n) is 1.77. The summed E-state index contributed by atoms with van der Waals surface area (Å²) in [7, 11) is 0. The number of hydrogen-bond donors (Lipinski definition) is 1. The highest BCUT2D eigenvalue weighted by Crippen LogP contribution is 2.21. The molecule has 0 unspecified atom stereocenters. The molecule has 20 heavy (non-hydrogen) atoms. The van der Waals surface area contributed by atoms with Gasteiger partial charge in [-0.25, -0.2) is 0 Å². The second-order valence-corrected chi connectivity index (χ2v) is 5.35. The summed E-state index contributed by atoms with van der Waals surface area (Å²) < 4.78 is 0.929. The van der Waals surface area contributed by atoms with Gasteiger partial charge in [-0.1, -0.05) is 12.1 Å². The van der Waals surface area contributed by atoms with Crippen LogP contribution in [-0.4, -0.2) is 10.8 Å². The summed E-state index contributed by atoms with van der Waals surface area (Å²) in [5, 5.41) is 13.5. The van der Waals surface area contributed by atoms with Gasteiger partial charge in [-0.3, -0.25) is 14.9 Å². The van der Waals surface area contributed by atoms with Gasteiger partial charge in [-0.15, -0.1) is 0 Å². The zero-order valence-corrected chi connectivity index (χ0v) is 12.7. The predicted octanol–water partition coefficient (Wildman–Crippen LogP) is 3.76. The maximum atomic E-state index is 12.2. The molecule has 0 heterocycles. The minimum Gasteiger partial charge on any atom is -0.321 e. The summed E-state index contributed by atoms with van der Waals surface area (Å²) in [6, 6.07) is 11.6. The summed E-state index contributed by atoms with van der Waals surface area (Å²) in [5.74, 6) is -0.276. The van der Waals surface area contributed by atoms with Gasteiger partial charge in [0.1, 0.15) is 0 Å². The average Bonchev–Trinajstić information content (AvgIpc) is 2.41. The Labute approximate surface area is 129 Å². The van der Waals surface area contributed by atoms with E-state index in [9.17, 15) is 14.9 Å². The van der Waals surface area contributed by atoms with Crippen molar-refractivity contribution >= 4 is 39.9 Å². The lowest BCUT2D eigenvalue weighted by molar-refractivity contribution is -0.384. The number of carbonyl (C=O) groups is 1. The van der Waals surface area contributed by atoms with E-state index in [1.807, 2.05) is 18.2 Å². The van der Waals surface area contributed by atoms with Crippen molar-refractivity contribution in [2.75, 3.05) is 5.32 Å². The number of anilines is 1. The molecular weight excluding hydrogens is 371 g/mol. The molecule has 0 aliphatic rings.